The van der Waals surface area contributed by atoms with E-state index in [1.807, 2.05) is 30.1 Å². The first-order chi connectivity index (χ1) is 12.3. The Labute approximate surface area is 144 Å². The fourth-order valence-electron chi connectivity index (χ4n) is 3.21. The summed E-state index contributed by atoms with van der Waals surface area (Å²) in [6.07, 6.45) is 7.35. The maximum atomic E-state index is 5.92. The number of nitrogens with zero attached hydrogens (tertiary/aromatic N) is 5. The van der Waals surface area contributed by atoms with Gasteiger partial charge in [-0.2, -0.15) is 10.1 Å². The Morgan fingerprint density at radius 1 is 1.36 bits per heavy atom. The second-order valence-electron chi connectivity index (χ2n) is 6.49. The molecule has 1 fully saturated rings. The van der Waals surface area contributed by atoms with Gasteiger partial charge in [0.25, 0.3) is 0 Å². The second kappa shape index (κ2) is 5.66. The lowest BCUT2D eigenvalue weighted by Gasteiger charge is -2.26. The maximum Gasteiger partial charge on any atom is 0.248 e. The van der Waals surface area contributed by atoms with Crippen LogP contribution in [0.1, 0.15) is 42.5 Å². The van der Waals surface area contributed by atoms with E-state index in [9.17, 15) is 0 Å². The predicted molar refractivity (Wildman–Crippen MR) is 87.7 cm³/mol. The van der Waals surface area contributed by atoms with Crippen molar-refractivity contribution in [2.24, 2.45) is 7.05 Å². The Kier molecular flexibility index (Phi) is 3.30. The minimum absolute atomic E-state index is 0.126. The zero-order valence-electron chi connectivity index (χ0n) is 13.8. The summed E-state index contributed by atoms with van der Waals surface area (Å²) in [5.74, 6) is 1.79. The van der Waals surface area contributed by atoms with Crippen LogP contribution < -0.4 is 10.1 Å². The maximum absolute atomic E-state index is 5.92. The fraction of sp³-hybridized carbons (Fsp3) is 0.412. The average Bonchev–Trinajstić information content (AvgIpc) is 3.29. The number of ether oxygens (including phenoxy) is 1. The summed E-state index contributed by atoms with van der Waals surface area (Å²) in [5.41, 5.74) is 2.86. The smallest absolute Gasteiger partial charge is 0.248 e. The van der Waals surface area contributed by atoms with Gasteiger partial charge in [0.1, 0.15) is 17.5 Å². The molecule has 0 bridgehead atoms. The summed E-state index contributed by atoms with van der Waals surface area (Å²) in [5, 5.41) is 11.8. The normalized spacial score (nSPS) is 19.6. The molecule has 128 valence electrons. The molecule has 0 amide bonds. The molecular weight excluding hydrogens is 320 g/mol. The first-order valence-corrected chi connectivity index (χ1v) is 8.49. The van der Waals surface area contributed by atoms with Crippen LogP contribution >= 0.6 is 0 Å². The molecule has 3 aromatic rings. The van der Waals surface area contributed by atoms with Crippen LogP contribution in [0.4, 0.5) is 0 Å². The first kappa shape index (κ1) is 14.6. The largest absolute Gasteiger partial charge is 0.490 e. The highest BCUT2D eigenvalue weighted by Gasteiger charge is 2.31. The predicted octanol–water partition coefficient (Wildman–Crippen LogP) is 1.99. The topological polar surface area (TPSA) is 90.9 Å². The molecule has 3 aromatic heterocycles. The van der Waals surface area contributed by atoms with Crippen molar-refractivity contribution >= 4 is 0 Å². The second-order valence-corrected chi connectivity index (χ2v) is 6.49. The van der Waals surface area contributed by atoms with E-state index in [0.717, 1.165) is 36.4 Å². The van der Waals surface area contributed by atoms with Crippen LogP contribution in [-0.4, -0.2) is 31.0 Å². The van der Waals surface area contributed by atoms with Crippen molar-refractivity contribution < 1.29 is 9.26 Å². The molecule has 1 atom stereocenters. The van der Waals surface area contributed by atoms with Gasteiger partial charge in [-0.25, -0.2) is 0 Å². The summed E-state index contributed by atoms with van der Waals surface area (Å²) < 4.78 is 13.3. The highest BCUT2D eigenvalue weighted by Crippen LogP contribution is 2.31. The Bertz CT molecular complexity index is 914. The summed E-state index contributed by atoms with van der Waals surface area (Å²) in [7, 11) is 1.93. The zero-order chi connectivity index (χ0) is 16.8. The number of fused-ring (bicyclic) bond motifs is 1. The number of hydrogen-bond acceptors (Lipinski definition) is 7. The van der Waals surface area contributed by atoms with Crippen LogP contribution in [0.15, 0.2) is 29.0 Å². The molecule has 5 rings (SSSR count). The lowest BCUT2D eigenvalue weighted by molar-refractivity contribution is 0.120. The minimum atomic E-state index is -0.126. The van der Waals surface area contributed by atoms with Gasteiger partial charge in [-0.3, -0.25) is 15.0 Å². The lowest BCUT2D eigenvalue weighted by Crippen LogP contribution is -2.24. The van der Waals surface area contributed by atoms with Gasteiger partial charge in [0.05, 0.1) is 18.0 Å². The van der Waals surface area contributed by atoms with E-state index in [0.29, 0.717) is 23.5 Å². The highest BCUT2D eigenvalue weighted by atomic mass is 16.5. The molecule has 1 aliphatic carbocycles. The molecule has 2 aliphatic rings. The third kappa shape index (κ3) is 2.49. The van der Waals surface area contributed by atoms with Crippen molar-refractivity contribution in [2.45, 2.75) is 38.0 Å². The molecule has 8 heteroatoms. The Hall–Kier alpha value is -2.74. The van der Waals surface area contributed by atoms with Crippen molar-refractivity contribution in [2.75, 3.05) is 0 Å². The summed E-state index contributed by atoms with van der Waals surface area (Å²) in [6.45, 7) is 0.733. The van der Waals surface area contributed by atoms with Gasteiger partial charge in [-0.15, -0.1) is 0 Å². The van der Waals surface area contributed by atoms with Crippen LogP contribution in [0.2, 0.25) is 0 Å². The van der Waals surface area contributed by atoms with Gasteiger partial charge in [0.15, 0.2) is 0 Å². The Morgan fingerprint density at radius 2 is 2.28 bits per heavy atom. The van der Waals surface area contributed by atoms with E-state index in [4.69, 9.17) is 9.26 Å². The molecule has 0 radical (unpaired) electrons. The monoisotopic (exact) mass is 338 g/mol. The number of rotatable bonds is 4. The molecule has 0 spiro atoms. The standard InChI is InChI=1S/C17H18N6O2/c1-23-14-9-19-15(12(14)8-20-23)17-21-16(22-25-17)13-7-11(5-6-18-13)24-10-3-2-4-10/h5-8,10,15,19H,2-4,9H2,1H3. The number of aryl methyl sites for hydroxylation is 1. The third-order valence-corrected chi connectivity index (χ3v) is 4.88. The molecule has 0 saturated heterocycles. The molecular formula is C17H18N6O2. The summed E-state index contributed by atoms with van der Waals surface area (Å²) >= 11 is 0. The minimum Gasteiger partial charge on any atom is -0.490 e. The van der Waals surface area contributed by atoms with Gasteiger partial charge in [0.2, 0.25) is 11.7 Å². The molecule has 0 aromatic carbocycles. The molecule has 8 nitrogen and oxygen atoms in total. The van der Waals surface area contributed by atoms with Crippen molar-refractivity contribution in [3.63, 3.8) is 0 Å². The number of nitrogens with one attached hydrogen (secondary N) is 1. The molecule has 1 unspecified atom stereocenters. The molecule has 4 heterocycles. The van der Waals surface area contributed by atoms with Gasteiger partial charge in [-0.1, -0.05) is 5.16 Å². The SMILES string of the molecule is Cn1ncc2c1CNC2c1nc(-c2cc(OC3CCC3)ccn2)no1. The summed E-state index contributed by atoms with van der Waals surface area (Å²) in [6, 6.07) is 3.60. The van der Waals surface area contributed by atoms with E-state index in [1.165, 1.54) is 6.42 Å². The van der Waals surface area contributed by atoms with Gasteiger partial charge >= 0.3 is 0 Å². The Morgan fingerprint density at radius 3 is 3.12 bits per heavy atom. The van der Waals surface area contributed by atoms with Crippen molar-refractivity contribution in [3.05, 3.63) is 41.7 Å². The van der Waals surface area contributed by atoms with Crippen LogP contribution in [-0.2, 0) is 13.6 Å². The van der Waals surface area contributed by atoms with Crippen molar-refractivity contribution in [3.8, 4) is 17.3 Å². The molecule has 1 N–H and O–H groups in total. The highest BCUT2D eigenvalue weighted by molar-refractivity contribution is 5.51. The quantitative estimate of drug-likeness (QED) is 0.778. The van der Waals surface area contributed by atoms with Crippen LogP contribution in [0.5, 0.6) is 5.75 Å². The van der Waals surface area contributed by atoms with Crippen LogP contribution in [0.25, 0.3) is 11.5 Å². The van der Waals surface area contributed by atoms with Crippen LogP contribution in [0.3, 0.4) is 0 Å². The zero-order valence-corrected chi connectivity index (χ0v) is 13.8. The van der Waals surface area contributed by atoms with Crippen molar-refractivity contribution in [1.82, 2.24) is 30.2 Å². The first-order valence-electron chi connectivity index (χ1n) is 8.49. The number of aromatic nitrogens is 5. The molecule has 25 heavy (non-hydrogen) atoms. The van der Waals surface area contributed by atoms with E-state index in [-0.39, 0.29) is 6.04 Å². The summed E-state index contributed by atoms with van der Waals surface area (Å²) in [4.78, 5) is 8.88. The average molecular weight is 338 g/mol. The van der Waals surface area contributed by atoms with Gasteiger partial charge in [-0.05, 0) is 25.3 Å². The fourth-order valence-corrected chi connectivity index (χ4v) is 3.21. The van der Waals surface area contributed by atoms with Gasteiger partial charge in [0, 0.05) is 31.4 Å². The number of hydrogen-bond donors (Lipinski definition) is 1. The van der Waals surface area contributed by atoms with E-state index >= 15 is 0 Å². The Balaban J connectivity index is 1.40. The third-order valence-electron chi connectivity index (χ3n) is 4.88. The lowest BCUT2D eigenvalue weighted by atomic mass is 9.96. The van der Waals surface area contributed by atoms with E-state index < -0.39 is 0 Å². The molecule has 1 aliphatic heterocycles. The van der Waals surface area contributed by atoms with E-state index in [2.05, 4.69) is 25.5 Å². The van der Waals surface area contributed by atoms with Crippen LogP contribution in [0, 0.1) is 0 Å². The van der Waals surface area contributed by atoms with Gasteiger partial charge < -0.3 is 9.26 Å². The molecule has 1 saturated carbocycles. The number of pyridine rings is 1. The van der Waals surface area contributed by atoms with Crippen molar-refractivity contribution in [1.29, 1.82) is 0 Å². The van der Waals surface area contributed by atoms with E-state index in [1.54, 1.807) is 6.20 Å².